The lowest BCUT2D eigenvalue weighted by Crippen LogP contribution is -2.33. The molecule has 5 nitrogen and oxygen atoms in total. The van der Waals surface area contributed by atoms with E-state index >= 15 is 0 Å². The van der Waals surface area contributed by atoms with E-state index in [2.05, 4.69) is 20.6 Å². The van der Waals surface area contributed by atoms with Crippen molar-refractivity contribution in [3.05, 3.63) is 46.3 Å². The molecule has 1 unspecified atom stereocenters. The van der Waals surface area contributed by atoms with Gasteiger partial charge in [-0.15, -0.1) is 12.4 Å². The Balaban J connectivity index is 0.00000176. The van der Waals surface area contributed by atoms with Crippen LogP contribution in [0.2, 0.25) is 10.3 Å². The molecule has 1 aromatic carbocycles. The number of anilines is 2. The number of hydrogen-bond donors (Lipinski definition) is 2. The maximum atomic E-state index is 6.02. The molecule has 0 radical (unpaired) electrons. The van der Waals surface area contributed by atoms with Gasteiger partial charge < -0.3 is 15.4 Å². The number of hydrogen-bond acceptors (Lipinski definition) is 5. The Labute approximate surface area is 144 Å². The lowest BCUT2D eigenvalue weighted by molar-refractivity contribution is 0.0277. The Kier molecular flexibility index (Phi) is 6.23. The molecule has 2 aromatic rings. The average molecular weight is 362 g/mol. The molecule has 0 amide bonds. The molecule has 1 saturated heterocycles. The predicted octanol–water partition coefficient (Wildman–Crippen LogP) is 3.61. The lowest BCUT2D eigenvalue weighted by Gasteiger charge is -2.24. The van der Waals surface area contributed by atoms with Crippen LogP contribution in [0.1, 0.15) is 11.7 Å². The summed E-state index contributed by atoms with van der Waals surface area (Å²) in [4.78, 5) is 7.87. The minimum atomic E-state index is 0. The van der Waals surface area contributed by atoms with Gasteiger partial charge in [0.05, 0.1) is 18.9 Å². The topological polar surface area (TPSA) is 59.1 Å². The van der Waals surface area contributed by atoms with Gasteiger partial charge in [0.25, 0.3) is 0 Å². The van der Waals surface area contributed by atoms with Crippen LogP contribution < -0.4 is 10.6 Å². The first-order chi connectivity index (χ1) is 10.2. The molecule has 1 fully saturated rings. The van der Waals surface area contributed by atoms with Crippen LogP contribution in [0.3, 0.4) is 0 Å². The van der Waals surface area contributed by atoms with Crippen molar-refractivity contribution in [2.75, 3.05) is 25.0 Å². The number of morpholine rings is 1. The lowest BCUT2D eigenvalue weighted by atomic mass is 10.1. The highest BCUT2D eigenvalue weighted by molar-refractivity contribution is 6.33. The summed E-state index contributed by atoms with van der Waals surface area (Å²) in [6.07, 6.45) is 1.57. The molecular formula is C14H15Cl3N4O. The predicted molar refractivity (Wildman–Crippen MR) is 90.6 cm³/mol. The summed E-state index contributed by atoms with van der Waals surface area (Å²) in [6, 6.07) is 7.96. The number of ether oxygens (including phenoxy) is 1. The summed E-state index contributed by atoms with van der Waals surface area (Å²) in [5, 5.41) is 7.00. The second-order valence-electron chi connectivity index (χ2n) is 4.65. The van der Waals surface area contributed by atoms with Gasteiger partial charge in [0, 0.05) is 18.8 Å². The van der Waals surface area contributed by atoms with Gasteiger partial charge in [-0.2, -0.15) is 4.98 Å². The summed E-state index contributed by atoms with van der Waals surface area (Å²) in [7, 11) is 0. The van der Waals surface area contributed by atoms with E-state index in [9.17, 15) is 0 Å². The van der Waals surface area contributed by atoms with Crippen LogP contribution in [0.4, 0.5) is 11.5 Å². The molecule has 0 saturated carbocycles. The Morgan fingerprint density at radius 3 is 2.68 bits per heavy atom. The summed E-state index contributed by atoms with van der Waals surface area (Å²) in [5.74, 6) is 0.486. The molecule has 118 valence electrons. The highest BCUT2D eigenvalue weighted by Crippen LogP contribution is 2.25. The van der Waals surface area contributed by atoms with E-state index in [1.54, 1.807) is 0 Å². The van der Waals surface area contributed by atoms with Crippen molar-refractivity contribution in [1.82, 2.24) is 15.3 Å². The van der Waals surface area contributed by atoms with Crippen LogP contribution in [0, 0.1) is 0 Å². The second-order valence-corrected chi connectivity index (χ2v) is 5.39. The number of nitrogens with zero attached hydrogens (tertiary/aromatic N) is 2. The largest absolute Gasteiger partial charge is 0.371 e. The second kappa shape index (κ2) is 7.94. The van der Waals surface area contributed by atoms with Gasteiger partial charge in [-0.25, -0.2) is 4.98 Å². The van der Waals surface area contributed by atoms with Crippen molar-refractivity contribution in [2.24, 2.45) is 0 Å². The minimum Gasteiger partial charge on any atom is -0.371 e. The van der Waals surface area contributed by atoms with Gasteiger partial charge in [0.2, 0.25) is 5.28 Å². The van der Waals surface area contributed by atoms with Crippen molar-refractivity contribution in [2.45, 2.75) is 6.10 Å². The minimum absolute atomic E-state index is 0. The molecule has 2 N–H and O–H groups in total. The van der Waals surface area contributed by atoms with E-state index in [1.807, 2.05) is 24.3 Å². The smallest absolute Gasteiger partial charge is 0.224 e. The first-order valence-corrected chi connectivity index (χ1v) is 7.35. The first-order valence-electron chi connectivity index (χ1n) is 6.60. The Morgan fingerprint density at radius 2 is 2.00 bits per heavy atom. The molecule has 1 atom stereocenters. The fourth-order valence-electron chi connectivity index (χ4n) is 2.13. The summed E-state index contributed by atoms with van der Waals surface area (Å²) < 4.78 is 5.71. The van der Waals surface area contributed by atoms with Crippen molar-refractivity contribution in [1.29, 1.82) is 0 Å². The van der Waals surface area contributed by atoms with Gasteiger partial charge in [-0.05, 0) is 29.3 Å². The van der Waals surface area contributed by atoms with E-state index in [0.29, 0.717) is 10.8 Å². The van der Waals surface area contributed by atoms with Crippen LogP contribution >= 0.6 is 35.6 Å². The van der Waals surface area contributed by atoms with Crippen LogP contribution in [0.5, 0.6) is 0 Å². The zero-order valence-corrected chi connectivity index (χ0v) is 13.9. The standard InChI is InChI=1S/C14H14Cl2N4O.ClH/c15-11-7-18-14(16)20-13(11)19-10-3-1-9(2-4-10)12-8-17-5-6-21-12;/h1-4,7,12,17H,5-6,8H2,(H,18,19,20);1H. The molecule has 1 aliphatic heterocycles. The van der Waals surface area contributed by atoms with Crippen molar-refractivity contribution in [3.63, 3.8) is 0 Å². The summed E-state index contributed by atoms with van der Waals surface area (Å²) >= 11 is 11.8. The zero-order chi connectivity index (χ0) is 14.7. The van der Waals surface area contributed by atoms with Crippen molar-refractivity contribution in [3.8, 4) is 0 Å². The van der Waals surface area contributed by atoms with Gasteiger partial charge in [-0.1, -0.05) is 23.7 Å². The summed E-state index contributed by atoms with van der Waals surface area (Å²) in [5.41, 5.74) is 2.01. The van der Waals surface area contributed by atoms with Crippen LogP contribution in [-0.4, -0.2) is 29.7 Å². The zero-order valence-electron chi connectivity index (χ0n) is 11.6. The van der Waals surface area contributed by atoms with Gasteiger partial charge in [0.1, 0.15) is 5.02 Å². The monoisotopic (exact) mass is 360 g/mol. The highest BCUT2D eigenvalue weighted by atomic mass is 35.5. The molecule has 0 bridgehead atoms. The number of rotatable bonds is 3. The highest BCUT2D eigenvalue weighted by Gasteiger charge is 2.15. The molecule has 2 heterocycles. The Bertz CT molecular complexity index is 618. The molecular weight excluding hydrogens is 347 g/mol. The van der Waals surface area contributed by atoms with Crippen molar-refractivity contribution < 1.29 is 4.74 Å². The van der Waals surface area contributed by atoms with E-state index in [0.717, 1.165) is 30.9 Å². The van der Waals surface area contributed by atoms with E-state index in [1.165, 1.54) is 6.20 Å². The van der Waals surface area contributed by atoms with E-state index in [4.69, 9.17) is 27.9 Å². The van der Waals surface area contributed by atoms with Crippen LogP contribution in [0.25, 0.3) is 0 Å². The van der Waals surface area contributed by atoms with E-state index < -0.39 is 0 Å². The third-order valence-corrected chi connectivity index (χ3v) is 3.65. The maximum Gasteiger partial charge on any atom is 0.224 e. The van der Waals surface area contributed by atoms with Crippen LogP contribution in [-0.2, 0) is 4.74 Å². The van der Waals surface area contributed by atoms with Gasteiger partial charge in [0.15, 0.2) is 5.82 Å². The molecule has 3 rings (SSSR count). The fourth-order valence-corrected chi connectivity index (χ4v) is 2.40. The molecule has 8 heteroatoms. The quantitative estimate of drug-likeness (QED) is 0.818. The van der Waals surface area contributed by atoms with Crippen LogP contribution in [0.15, 0.2) is 30.5 Å². The normalized spacial score (nSPS) is 17.6. The Morgan fingerprint density at radius 1 is 1.23 bits per heavy atom. The number of aromatic nitrogens is 2. The molecule has 0 spiro atoms. The third-order valence-electron chi connectivity index (χ3n) is 3.19. The van der Waals surface area contributed by atoms with Crippen molar-refractivity contribution >= 4 is 47.1 Å². The maximum absolute atomic E-state index is 6.02. The number of benzene rings is 1. The van der Waals surface area contributed by atoms with Gasteiger partial charge >= 0.3 is 0 Å². The SMILES string of the molecule is Cl.Clc1ncc(Cl)c(Nc2ccc(C3CNCCO3)cc2)n1. The molecule has 1 aliphatic rings. The molecule has 0 aliphatic carbocycles. The van der Waals surface area contributed by atoms with E-state index in [-0.39, 0.29) is 23.8 Å². The molecule has 1 aromatic heterocycles. The summed E-state index contributed by atoms with van der Waals surface area (Å²) in [6.45, 7) is 2.48. The first kappa shape index (κ1) is 17.2. The number of nitrogens with one attached hydrogen (secondary N) is 2. The number of halogens is 3. The fraction of sp³-hybridized carbons (Fsp3) is 0.286. The Hall–Kier alpha value is -1.11. The third kappa shape index (κ3) is 4.21. The molecule has 22 heavy (non-hydrogen) atoms. The van der Waals surface area contributed by atoms with Gasteiger partial charge in [-0.3, -0.25) is 0 Å². The average Bonchev–Trinajstić information content (AvgIpc) is 2.53.